The molecule has 0 atom stereocenters. The lowest BCUT2D eigenvalue weighted by molar-refractivity contribution is -0.121. The Morgan fingerprint density at radius 2 is 1.72 bits per heavy atom. The van der Waals surface area contributed by atoms with Gasteiger partial charge in [-0.15, -0.1) is 0 Å². The summed E-state index contributed by atoms with van der Waals surface area (Å²) in [6.45, 7) is 0.727. The summed E-state index contributed by atoms with van der Waals surface area (Å²) in [5.41, 5.74) is 0.908. The molecule has 8 heteroatoms. The van der Waals surface area contributed by atoms with Gasteiger partial charge >= 0.3 is 0 Å². The summed E-state index contributed by atoms with van der Waals surface area (Å²) >= 11 is 5.78. The lowest BCUT2D eigenvalue weighted by Gasteiger charge is -2.08. The number of primary sulfonamides is 1. The zero-order chi connectivity index (χ0) is 18.3. The van der Waals surface area contributed by atoms with Crippen LogP contribution in [-0.2, 0) is 21.2 Å². The number of amides is 1. The SMILES string of the molecule is NS(=O)(=O)c1ccc(CCNC(=O)CCOc2ccc(Cl)cc2)cc1. The van der Waals surface area contributed by atoms with Gasteiger partial charge in [-0.05, 0) is 48.4 Å². The van der Waals surface area contributed by atoms with Crippen molar-refractivity contribution in [3.8, 4) is 5.75 Å². The topological polar surface area (TPSA) is 98.5 Å². The van der Waals surface area contributed by atoms with E-state index in [1.54, 1.807) is 36.4 Å². The standard InChI is InChI=1S/C17H19ClN2O4S/c18-14-3-5-15(6-4-14)24-12-10-17(21)20-11-9-13-1-7-16(8-2-13)25(19,22)23/h1-8H,9-12H2,(H,20,21)(H2,19,22,23). The van der Waals surface area contributed by atoms with Gasteiger partial charge in [0.15, 0.2) is 0 Å². The van der Waals surface area contributed by atoms with Crippen molar-refractivity contribution >= 4 is 27.5 Å². The average Bonchev–Trinajstić information content (AvgIpc) is 2.56. The summed E-state index contributed by atoms with van der Waals surface area (Å²) in [7, 11) is -3.68. The van der Waals surface area contributed by atoms with Gasteiger partial charge in [-0.2, -0.15) is 0 Å². The van der Waals surface area contributed by atoms with Crippen LogP contribution in [0.15, 0.2) is 53.4 Å². The highest BCUT2D eigenvalue weighted by Crippen LogP contribution is 2.15. The second kappa shape index (κ2) is 8.84. The molecule has 2 aromatic carbocycles. The molecule has 2 rings (SSSR count). The third kappa shape index (κ3) is 6.74. The average molecular weight is 383 g/mol. The fourth-order valence-corrected chi connectivity index (χ4v) is 2.71. The quantitative estimate of drug-likeness (QED) is 0.730. The van der Waals surface area contributed by atoms with Crippen molar-refractivity contribution in [3.63, 3.8) is 0 Å². The Kier molecular flexibility index (Phi) is 6.81. The van der Waals surface area contributed by atoms with Gasteiger partial charge in [0.25, 0.3) is 0 Å². The van der Waals surface area contributed by atoms with Gasteiger partial charge in [-0.25, -0.2) is 13.6 Å². The van der Waals surface area contributed by atoms with Crippen molar-refractivity contribution in [3.05, 3.63) is 59.1 Å². The molecule has 0 aromatic heterocycles. The van der Waals surface area contributed by atoms with Gasteiger partial charge in [-0.1, -0.05) is 23.7 Å². The van der Waals surface area contributed by atoms with Crippen LogP contribution >= 0.6 is 11.6 Å². The number of carbonyl (C=O) groups excluding carboxylic acids is 1. The Balaban J connectivity index is 1.67. The minimum atomic E-state index is -3.68. The molecular formula is C17H19ClN2O4S. The first-order valence-electron chi connectivity index (χ1n) is 7.61. The molecule has 6 nitrogen and oxygen atoms in total. The van der Waals surface area contributed by atoms with Gasteiger partial charge in [0.1, 0.15) is 5.75 Å². The highest BCUT2D eigenvalue weighted by molar-refractivity contribution is 7.89. The van der Waals surface area contributed by atoms with Crippen molar-refractivity contribution < 1.29 is 17.9 Å². The van der Waals surface area contributed by atoms with E-state index in [9.17, 15) is 13.2 Å². The number of sulfonamides is 1. The molecule has 0 aliphatic rings. The van der Waals surface area contributed by atoms with E-state index < -0.39 is 10.0 Å². The number of nitrogens with two attached hydrogens (primary N) is 1. The van der Waals surface area contributed by atoms with Crippen LogP contribution in [-0.4, -0.2) is 27.5 Å². The van der Waals surface area contributed by atoms with Crippen LogP contribution in [0.25, 0.3) is 0 Å². The molecule has 0 heterocycles. The van der Waals surface area contributed by atoms with Crippen molar-refractivity contribution in [2.24, 2.45) is 5.14 Å². The van der Waals surface area contributed by atoms with E-state index in [0.29, 0.717) is 23.7 Å². The predicted octanol–water partition coefficient (Wildman–Crippen LogP) is 2.12. The van der Waals surface area contributed by atoms with Crippen molar-refractivity contribution in [2.75, 3.05) is 13.2 Å². The van der Waals surface area contributed by atoms with E-state index >= 15 is 0 Å². The first-order chi connectivity index (χ1) is 11.8. The lowest BCUT2D eigenvalue weighted by Crippen LogP contribution is -2.27. The maximum Gasteiger partial charge on any atom is 0.238 e. The van der Waals surface area contributed by atoms with Crippen molar-refractivity contribution in [1.29, 1.82) is 0 Å². The molecule has 0 unspecified atom stereocenters. The molecule has 0 fully saturated rings. The van der Waals surface area contributed by atoms with Crippen molar-refractivity contribution in [2.45, 2.75) is 17.7 Å². The molecule has 0 saturated heterocycles. The predicted molar refractivity (Wildman–Crippen MR) is 96.1 cm³/mol. The van der Waals surface area contributed by atoms with Gasteiger partial charge in [0.05, 0.1) is 17.9 Å². The molecule has 0 spiro atoms. The normalized spacial score (nSPS) is 11.1. The van der Waals surface area contributed by atoms with E-state index in [-0.39, 0.29) is 23.8 Å². The van der Waals surface area contributed by atoms with Crippen LogP contribution < -0.4 is 15.2 Å². The van der Waals surface area contributed by atoms with E-state index in [4.69, 9.17) is 21.5 Å². The number of hydrogen-bond donors (Lipinski definition) is 2. The van der Waals surface area contributed by atoms with E-state index in [0.717, 1.165) is 5.56 Å². The smallest absolute Gasteiger partial charge is 0.238 e. The third-order valence-electron chi connectivity index (χ3n) is 3.40. The molecule has 134 valence electrons. The molecule has 0 radical (unpaired) electrons. The molecule has 25 heavy (non-hydrogen) atoms. The minimum Gasteiger partial charge on any atom is -0.493 e. The maximum atomic E-state index is 11.8. The van der Waals surface area contributed by atoms with E-state index in [1.165, 1.54) is 12.1 Å². The summed E-state index contributed by atoms with van der Waals surface area (Å²) in [5, 5.41) is 8.45. The fourth-order valence-electron chi connectivity index (χ4n) is 2.07. The Hall–Kier alpha value is -2.09. The van der Waals surface area contributed by atoms with Crippen molar-refractivity contribution in [1.82, 2.24) is 5.32 Å². The summed E-state index contributed by atoms with van der Waals surface area (Å²) in [6.07, 6.45) is 0.835. The van der Waals surface area contributed by atoms with E-state index in [2.05, 4.69) is 5.32 Å². The fraction of sp³-hybridized carbons (Fsp3) is 0.235. The molecule has 0 aliphatic carbocycles. The summed E-state index contributed by atoms with van der Waals surface area (Å²) in [6, 6.07) is 13.2. The number of hydrogen-bond acceptors (Lipinski definition) is 4. The van der Waals surface area contributed by atoms with Crippen LogP contribution in [0.4, 0.5) is 0 Å². The molecular weight excluding hydrogens is 364 g/mol. The Morgan fingerprint density at radius 1 is 1.08 bits per heavy atom. The Labute approximate surface area is 152 Å². The second-order valence-electron chi connectivity index (χ2n) is 5.34. The summed E-state index contributed by atoms with van der Waals surface area (Å²) in [5.74, 6) is 0.544. The number of benzene rings is 2. The van der Waals surface area contributed by atoms with E-state index in [1.807, 2.05) is 0 Å². The maximum absolute atomic E-state index is 11.8. The molecule has 0 saturated carbocycles. The van der Waals surface area contributed by atoms with Crippen LogP contribution in [0.3, 0.4) is 0 Å². The van der Waals surface area contributed by atoms with Crippen LogP contribution in [0.1, 0.15) is 12.0 Å². The molecule has 2 aromatic rings. The zero-order valence-corrected chi connectivity index (χ0v) is 15.0. The molecule has 3 N–H and O–H groups in total. The largest absolute Gasteiger partial charge is 0.493 e. The molecule has 0 bridgehead atoms. The third-order valence-corrected chi connectivity index (χ3v) is 4.58. The lowest BCUT2D eigenvalue weighted by atomic mass is 10.1. The Bertz CT molecular complexity index is 806. The highest BCUT2D eigenvalue weighted by atomic mass is 35.5. The highest BCUT2D eigenvalue weighted by Gasteiger charge is 2.07. The van der Waals surface area contributed by atoms with Crippen LogP contribution in [0.2, 0.25) is 5.02 Å². The zero-order valence-electron chi connectivity index (χ0n) is 13.4. The van der Waals surface area contributed by atoms with Gasteiger partial charge in [-0.3, -0.25) is 4.79 Å². The van der Waals surface area contributed by atoms with Crippen LogP contribution in [0, 0.1) is 0 Å². The van der Waals surface area contributed by atoms with Gasteiger partial charge < -0.3 is 10.1 Å². The molecule has 0 aliphatic heterocycles. The number of halogens is 1. The number of carbonyl (C=O) groups is 1. The van der Waals surface area contributed by atoms with Crippen LogP contribution in [0.5, 0.6) is 5.75 Å². The number of ether oxygens (including phenoxy) is 1. The Morgan fingerprint density at radius 3 is 2.32 bits per heavy atom. The first kappa shape index (κ1) is 19.2. The molecule has 1 amide bonds. The second-order valence-corrected chi connectivity index (χ2v) is 7.34. The number of nitrogens with one attached hydrogen (secondary N) is 1. The minimum absolute atomic E-state index is 0.0691. The van der Waals surface area contributed by atoms with Gasteiger partial charge in [0, 0.05) is 11.6 Å². The monoisotopic (exact) mass is 382 g/mol. The summed E-state index contributed by atoms with van der Waals surface area (Å²) < 4.78 is 27.8. The van der Waals surface area contributed by atoms with Gasteiger partial charge in [0.2, 0.25) is 15.9 Å². The number of rotatable bonds is 8. The summed E-state index contributed by atoms with van der Waals surface area (Å²) in [4.78, 5) is 11.8. The first-order valence-corrected chi connectivity index (χ1v) is 9.54.